The smallest absolute Gasteiger partial charge is 0.322 e. The Morgan fingerprint density at radius 1 is 0.957 bits per heavy atom. The van der Waals surface area contributed by atoms with Gasteiger partial charge in [0.25, 0.3) is 0 Å². The molecule has 0 aliphatic carbocycles. The lowest BCUT2D eigenvalue weighted by Gasteiger charge is -2.20. The zero-order valence-corrected chi connectivity index (χ0v) is 12.8. The molecule has 2 unspecified atom stereocenters. The summed E-state index contributed by atoms with van der Waals surface area (Å²) in [5.41, 5.74) is 10.9. The highest BCUT2D eigenvalue weighted by molar-refractivity contribution is 5.91. The maximum Gasteiger partial charge on any atom is 0.322 e. The van der Waals surface area contributed by atoms with E-state index in [2.05, 4.69) is 10.6 Å². The minimum Gasteiger partial charge on any atom is -0.481 e. The third-order valence-electron chi connectivity index (χ3n) is 3.00. The summed E-state index contributed by atoms with van der Waals surface area (Å²) in [5, 5.41) is 21.7. The Morgan fingerprint density at radius 2 is 1.61 bits per heavy atom. The highest BCUT2D eigenvalue weighted by atomic mass is 16.4. The van der Waals surface area contributed by atoms with Crippen LogP contribution in [-0.2, 0) is 19.2 Å². The molecule has 0 bridgehead atoms. The molecule has 0 aromatic heterocycles. The van der Waals surface area contributed by atoms with Gasteiger partial charge in [0.1, 0.15) is 12.6 Å². The number of unbranched alkanes of at least 4 members (excludes halogenated alkanes) is 1. The van der Waals surface area contributed by atoms with Crippen molar-refractivity contribution in [2.75, 3.05) is 13.1 Å². The summed E-state index contributed by atoms with van der Waals surface area (Å²) < 4.78 is 0. The molecule has 0 saturated carbocycles. The summed E-state index contributed by atoms with van der Waals surface area (Å²) in [5.74, 6) is -3.58. The predicted molar refractivity (Wildman–Crippen MR) is 80.3 cm³/mol. The number of carboxylic acid groups (broad SMARTS) is 2. The zero-order chi connectivity index (χ0) is 17.8. The van der Waals surface area contributed by atoms with Crippen LogP contribution in [0.4, 0.5) is 0 Å². The average Bonchev–Trinajstić information content (AvgIpc) is 2.49. The predicted octanol–water partition coefficient (Wildman–Crippen LogP) is -2.01. The average molecular weight is 332 g/mol. The van der Waals surface area contributed by atoms with Crippen molar-refractivity contribution >= 4 is 23.8 Å². The fourth-order valence-corrected chi connectivity index (χ4v) is 1.74. The molecule has 10 heteroatoms. The molecular formula is C13H24N4O6. The SMILES string of the molecule is NCCCCC(NC(=O)C(N)CCC(=O)O)C(=O)NCC(=O)O. The number of nitrogens with two attached hydrogens (primary N) is 2. The van der Waals surface area contributed by atoms with Crippen LogP contribution in [0.1, 0.15) is 32.1 Å². The van der Waals surface area contributed by atoms with E-state index < -0.39 is 42.4 Å². The van der Waals surface area contributed by atoms with Gasteiger partial charge in [-0.05, 0) is 32.2 Å². The number of carbonyl (C=O) groups is 4. The van der Waals surface area contributed by atoms with E-state index in [-0.39, 0.29) is 19.3 Å². The summed E-state index contributed by atoms with van der Waals surface area (Å²) >= 11 is 0. The molecular weight excluding hydrogens is 308 g/mol. The second kappa shape index (κ2) is 11.4. The highest BCUT2D eigenvalue weighted by Gasteiger charge is 2.24. The Kier molecular flexibility index (Phi) is 10.3. The van der Waals surface area contributed by atoms with E-state index >= 15 is 0 Å². The number of carbonyl (C=O) groups excluding carboxylic acids is 2. The van der Waals surface area contributed by atoms with E-state index in [0.717, 1.165) is 0 Å². The highest BCUT2D eigenvalue weighted by Crippen LogP contribution is 2.03. The second-order valence-corrected chi connectivity index (χ2v) is 5.00. The molecule has 132 valence electrons. The first-order chi connectivity index (χ1) is 10.8. The molecule has 0 rings (SSSR count). The molecule has 2 atom stereocenters. The molecule has 8 N–H and O–H groups in total. The van der Waals surface area contributed by atoms with E-state index in [4.69, 9.17) is 21.7 Å². The molecule has 0 aliphatic rings. The molecule has 0 saturated heterocycles. The molecule has 0 fully saturated rings. The molecule has 10 nitrogen and oxygen atoms in total. The van der Waals surface area contributed by atoms with Gasteiger partial charge in [0, 0.05) is 6.42 Å². The Morgan fingerprint density at radius 3 is 2.13 bits per heavy atom. The quantitative estimate of drug-likeness (QED) is 0.221. The number of carboxylic acids is 2. The van der Waals surface area contributed by atoms with Crippen molar-refractivity contribution in [3.63, 3.8) is 0 Å². The van der Waals surface area contributed by atoms with Crippen molar-refractivity contribution in [3.05, 3.63) is 0 Å². The van der Waals surface area contributed by atoms with Crippen LogP contribution in [0.25, 0.3) is 0 Å². The van der Waals surface area contributed by atoms with Crippen LogP contribution in [-0.4, -0.2) is 59.1 Å². The van der Waals surface area contributed by atoms with Crippen LogP contribution in [0, 0.1) is 0 Å². The van der Waals surface area contributed by atoms with Gasteiger partial charge in [-0.25, -0.2) is 0 Å². The standard InChI is InChI=1S/C13H24N4O6/c14-6-2-1-3-9(13(23)16-7-11(20)21)17-12(22)8(15)4-5-10(18)19/h8-9H,1-7,14-15H2,(H,16,23)(H,17,22)(H,18,19)(H,20,21). The maximum atomic E-state index is 11.9. The van der Waals surface area contributed by atoms with E-state index in [1.807, 2.05) is 0 Å². The van der Waals surface area contributed by atoms with E-state index in [0.29, 0.717) is 19.4 Å². The monoisotopic (exact) mass is 332 g/mol. The lowest BCUT2D eigenvalue weighted by atomic mass is 10.1. The van der Waals surface area contributed by atoms with Gasteiger partial charge in [0.15, 0.2) is 0 Å². The first-order valence-corrected chi connectivity index (χ1v) is 7.25. The third kappa shape index (κ3) is 10.2. The zero-order valence-electron chi connectivity index (χ0n) is 12.8. The maximum absolute atomic E-state index is 11.9. The number of hydrogen-bond donors (Lipinski definition) is 6. The summed E-state index contributed by atoms with van der Waals surface area (Å²) in [7, 11) is 0. The summed E-state index contributed by atoms with van der Waals surface area (Å²) in [4.78, 5) is 44.7. The van der Waals surface area contributed by atoms with Crippen molar-refractivity contribution < 1.29 is 29.4 Å². The van der Waals surface area contributed by atoms with E-state index in [9.17, 15) is 19.2 Å². The molecule has 0 aromatic rings. The molecule has 2 amide bonds. The number of amides is 2. The third-order valence-corrected chi connectivity index (χ3v) is 3.00. The molecule has 23 heavy (non-hydrogen) atoms. The molecule has 0 aliphatic heterocycles. The van der Waals surface area contributed by atoms with Gasteiger partial charge in [0.05, 0.1) is 6.04 Å². The fraction of sp³-hybridized carbons (Fsp3) is 0.692. The van der Waals surface area contributed by atoms with E-state index in [1.165, 1.54) is 0 Å². The van der Waals surface area contributed by atoms with Gasteiger partial charge in [-0.2, -0.15) is 0 Å². The summed E-state index contributed by atoms with van der Waals surface area (Å²) in [6, 6.07) is -2.00. The number of hydrogen-bond acceptors (Lipinski definition) is 6. The normalized spacial score (nSPS) is 13.0. The Bertz CT molecular complexity index is 429. The minimum atomic E-state index is -1.21. The molecule has 0 radical (unpaired) electrons. The lowest BCUT2D eigenvalue weighted by molar-refractivity contribution is -0.138. The van der Waals surface area contributed by atoms with Crippen LogP contribution in [0.5, 0.6) is 0 Å². The van der Waals surface area contributed by atoms with Crippen LogP contribution >= 0.6 is 0 Å². The number of rotatable bonds is 12. The van der Waals surface area contributed by atoms with E-state index in [1.54, 1.807) is 0 Å². The van der Waals surface area contributed by atoms with Gasteiger partial charge in [-0.3, -0.25) is 19.2 Å². The van der Waals surface area contributed by atoms with Crippen molar-refractivity contribution in [1.29, 1.82) is 0 Å². The van der Waals surface area contributed by atoms with Crippen LogP contribution in [0.2, 0.25) is 0 Å². The van der Waals surface area contributed by atoms with Gasteiger partial charge in [0.2, 0.25) is 11.8 Å². The fourth-order valence-electron chi connectivity index (χ4n) is 1.74. The first-order valence-electron chi connectivity index (χ1n) is 7.25. The first kappa shape index (κ1) is 20.8. The van der Waals surface area contributed by atoms with Crippen LogP contribution < -0.4 is 22.1 Å². The largest absolute Gasteiger partial charge is 0.481 e. The molecule has 0 spiro atoms. The minimum absolute atomic E-state index is 0.0621. The summed E-state index contributed by atoms with van der Waals surface area (Å²) in [6.45, 7) is -0.136. The number of aliphatic carboxylic acids is 2. The van der Waals surface area contributed by atoms with Crippen molar-refractivity contribution in [2.24, 2.45) is 11.5 Å². The Hall–Kier alpha value is -2.20. The Balaban J connectivity index is 4.58. The second-order valence-electron chi connectivity index (χ2n) is 5.00. The Labute approximate surface area is 133 Å². The molecule has 0 heterocycles. The van der Waals surface area contributed by atoms with Gasteiger partial charge in [-0.1, -0.05) is 0 Å². The van der Waals surface area contributed by atoms with Gasteiger partial charge < -0.3 is 32.3 Å². The summed E-state index contributed by atoms with van der Waals surface area (Å²) in [6.07, 6.45) is 1.15. The lowest BCUT2D eigenvalue weighted by Crippen LogP contribution is -2.52. The topological polar surface area (TPSA) is 185 Å². The molecule has 0 aromatic carbocycles. The number of nitrogens with one attached hydrogen (secondary N) is 2. The van der Waals surface area contributed by atoms with Gasteiger partial charge >= 0.3 is 11.9 Å². The van der Waals surface area contributed by atoms with Gasteiger partial charge in [-0.15, -0.1) is 0 Å². The van der Waals surface area contributed by atoms with Crippen LogP contribution in [0.15, 0.2) is 0 Å². The van der Waals surface area contributed by atoms with Crippen molar-refractivity contribution in [2.45, 2.75) is 44.2 Å². The van der Waals surface area contributed by atoms with Crippen molar-refractivity contribution in [3.8, 4) is 0 Å². The van der Waals surface area contributed by atoms with Crippen LogP contribution in [0.3, 0.4) is 0 Å². The van der Waals surface area contributed by atoms with Crippen molar-refractivity contribution in [1.82, 2.24) is 10.6 Å².